The quantitative estimate of drug-likeness (QED) is 0.564. The number of piperidine rings is 1. The molecular weight excluding hydrogens is 447 g/mol. The summed E-state index contributed by atoms with van der Waals surface area (Å²) < 4.78 is 48.0. The van der Waals surface area contributed by atoms with Gasteiger partial charge in [0.2, 0.25) is 0 Å². The molecule has 0 N–H and O–H groups in total. The number of fused-ring (bicyclic) bond motifs is 4. The van der Waals surface area contributed by atoms with E-state index in [0.29, 0.717) is 23.4 Å². The molecule has 0 saturated carbocycles. The van der Waals surface area contributed by atoms with Crippen LogP contribution < -0.4 is 4.74 Å². The van der Waals surface area contributed by atoms with Gasteiger partial charge in [0.1, 0.15) is 17.1 Å². The van der Waals surface area contributed by atoms with Crippen LogP contribution in [0, 0.1) is 6.92 Å². The van der Waals surface area contributed by atoms with E-state index in [-0.39, 0.29) is 23.7 Å². The number of hydrogen-bond acceptors (Lipinski definition) is 4. The van der Waals surface area contributed by atoms with Crippen molar-refractivity contribution >= 4 is 5.91 Å². The van der Waals surface area contributed by atoms with Crippen LogP contribution in [0.4, 0.5) is 13.2 Å². The summed E-state index contributed by atoms with van der Waals surface area (Å²) in [6.45, 7) is 1.87. The summed E-state index contributed by atoms with van der Waals surface area (Å²) in [5, 5.41) is 8.86. The van der Waals surface area contributed by atoms with Crippen LogP contribution in [0.1, 0.15) is 58.2 Å². The number of nitrogens with zero attached hydrogens (tertiary/aromatic N) is 5. The van der Waals surface area contributed by atoms with Crippen molar-refractivity contribution in [3.8, 4) is 17.1 Å². The monoisotopic (exact) mass is 473 g/mol. The molecule has 0 radical (unpaired) electrons. The number of halogens is 3. The van der Waals surface area contributed by atoms with E-state index in [1.54, 1.807) is 18.8 Å². The van der Waals surface area contributed by atoms with Crippen molar-refractivity contribution < 1.29 is 22.7 Å². The molecule has 1 saturated heterocycles. The normalized spacial score (nSPS) is 19.8. The fourth-order valence-corrected chi connectivity index (χ4v) is 5.52. The Balaban J connectivity index is 1.57. The van der Waals surface area contributed by atoms with Crippen LogP contribution in [0.15, 0.2) is 24.3 Å². The molecule has 7 nitrogen and oxygen atoms in total. The van der Waals surface area contributed by atoms with Crippen LogP contribution >= 0.6 is 0 Å². The van der Waals surface area contributed by atoms with Crippen molar-refractivity contribution in [2.75, 3.05) is 7.11 Å². The maximum atomic E-state index is 13.7. The molecule has 2 atom stereocenters. The van der Waals surface area contributed by atoms with E-state index in [4.69, 9.17) is 9.84 Å². The number of hydrogen-bond donors (Lipinski definition) is 0. The van der Waals surface area contributed by atoms with Gasteiger partial charge in [-0.1, -0.05) is 6.07 Å². The molecule has 0 unspecified atom stereocenters. The number of methoxy groups -OCH3 is 1. The first kappa shape index (κ1) is 22.5. The minimum absolute atomic E-state index is 0.0573. The molecule has 4 heterocycles. The molecule has 10 heteroatoms. The van der Waals surface area contributed by atoms with Gasteiger partial charge in [-0.05, 0) is 50.8 Å². The zero-order valence-corrected chi connectivity index (χ0v) is 19.5. The van der Waals surface area contributed by atoms with Gasteiger partial charge in [-0.15, -0.1) is 0 Å². The third kappa shape index (κ3) is 3.38. The molecule has 1 fully saturated rings. The third-order valence-corrected chi connectivity index (χ3v) is 7.06. The first-order valence-electron chi connectivity index (χ1n) is 11.3. The lowest BCUT2D eigenvalue weighted by Gasteiger charge is -2.45. The molecule has 34 heavy (non-hydrogen) atoms. The van der Waals surface area contributed by atoms with Crippen LogP contribution in [-0.2, 0) is 26.7 Å². The topological polar surface area (TPSA) is 65.2 Å². The second kappa shape index (κ2) is 7.89. The third-order valence-electron chi connectivity index (χ3n) is 7.06. The lowest BCUT2D eigenvalue weighted by Crippen LogP contribution is -2.50. The summed E-state index contributed by atoms with van der Waals surface area (Å²) in [7, 11) is 4.59. The Morgan fingerprint density at radius 1 is 1.15 bits per heavy atom. The van der Waals surface area contributed by atoms with Crippen molar-refractivity contribution in [3.63, 3.8) is 0 Å². The highest BCUT2D eigenvalue weighted by Gasteiger charge is 2.44. The fourth-order valence-electron chi connectivity index (χ4n) is 5.52. The number of amides is 1. The van der Waals surface area contributed by atoms with Crippen molar-refractivity contribution in [3.05, 3.63) is 52.3 Å². The highest BCUT2D eigenvalue weighted by Crippen LogP contribution is 2.45. The minimum Gasteiger partial charge on any atom is -0.496 e. The molecule has 0 aliphatic carbocycles. The van der Waals surface area contributed by atoms with Gasteiger partial charge in [0.05, 0.1) is 24.5 Å². The summed E-state index contributed by atoms with van der Waals surface area (Å²) in [4.78, 5) is 15.6. The Labute approximate surface area is 195 Å². The largest absolute Gasteiger partial charge is 0.496 e. The van der Waals surface area contributed by atoms with Gasteiger partial charge in [-0.2, -0.15) is 23.4 Å². The highest BCUT2D eigenvalue weighted by atomic mass is 19.4. The Kier molecular flexibility index (Phi) is 5.22. The summed E-state index contributed by atoms with van der Waals surface area (Å²) >= 11 is 0. The summed E-state index contributed by atoms with van der Waals surface area (Å²) in [6.07, 6.45) is -1.42. The lowest BCUT2D eigenvalue weighted by atomic mass is 9.81. The molecule has 1 aromatic carbocycles. The summed E-state index contributed by atoms with van der Waals surface area (Å²) in [5.41, 5.74) is 3.04. The van der Waals surface area contributed by atoms with Crippen LogP contribution in [-0.4, -0.2) is 43.5 Å². The van der Waals surface area contributed by atoms with Gasteiger partial charge in [-0.3, -0.25) is 14.2 Å². The molecule has 1 amide bonds. The van der Waals surface area contributed by atoms with Crippen molar-refractivity contribution in [1.82, 2.24) is 24.5 Å². The van der Waals surface area contributed by atoms with E-state index in [1.165, 1.54) is 7.05 Å². The van der Waals surface area contributed by atoms with Gasteiger partial charge in [0, 0.05) is 36.8 Å². The van der Waals surface area contributed by atoms with E-state index in [1.807, 2.05) is 30.0 Å². The number of aryl methyl sites for hydroxylation is 2. The molecule has 2 aromatic heterocycles. The van der Waals surface area contributed by atoms with E-state index >= 15 is 0 Å². The number of benzene rings is 1. The first-order chi connectivity index (χ1) is 16.1. The number of alkyl halides is 3. The Morgan fingerprint density at radius 2 is 1.91 bits per heavy atom. The maximum Gasteiger partial charge on any atom is 0.433 e. The van der Waals surface area contributed by atoms with Gasteiger partial charge in [0.25, 0.3) is 5.91 Å². The molecule has 2 aliphatic rings. The molecule has 2 aliphatic heterocycles. The number of ether oxygens (including phenoxy) is 1. The minimum atomic E-state index is -4.49. The zero-order chi connectivity index (χ0) is 24.4. The number of rotatable bonds is 3. The maximum absolute atomic E-state index is 13.7. The standard InChI is InChI=1S/C24H26F3N5O2/c1-13-15(8-6-10-19(13)34-4)23(33)32-14-7-5-9-18(32)21-16(11-14)22(31(3)29-21)17-12-20(24(25,26)27)30(2)28-17/h6,8,10,12,14,18H,5,7,9,11H2,1-4H3/t14-,18+/m0/s1. The molecule has 0 spiro atoms. The summed E-state index contributed by atoms with van der Waals surface area (Å²) in [6, 6.07) is 6.23. The zero-order valence-electron chi connectivity index (χ0n) is 19.5. The van der Waals surface area contributed by atoms with Gasteiger partial charge in [0.15, 0.2) is 0 Å². The SMILES string of the molecule is COc1cccc(C(=O)N2[C@H]3CCC[C@@H]2c2nn(C)c(-c4cc(C(F)(F)F)n(C)n4)c2C3)c1C. The van der Waals surface area contributed by atoms with Crippen LogP contribution in [0.2, 0.25) is 0 Å². The Bertz CT molecular complexity index is 1280. The average Bonchev–Trinajstić information content (AvgIpc) is 3.32. The summed E-state index contributed by atoms with van der Waals surface area (Å²) in [5.74, 6) is 0.589. The van der Waals surface area contributed by atoms with Crippen molar-refractivity contribution in [1.29, 1.82) is 0 Å². The van der Waals surface area contributed by atoms with E-state index in [9.17, 15) is 18.0 Å². The molecule has 180 valence electrons. The Morgan fingerprint density at radius 3 is 2.59 bits per heavy atom. The highest BCUT2D eigenvalue weighted by molar-refractivity contribution is 5.97. The predicted molar refractivity (Wildman–Crippen MR) is 118 cm³/mol. The number of carbonyl (C=O) groups is 1. The molecule has 3 aromatic rings. The molecular formula is C24H26F3N5O2. The van der Waals surface area contributed by atoms with Crippen LogP contribution in [0.5, 0.6) is 5.75 Å². The lowest BCUT2D eigenvalue weighted by molar-refractivity contribution is -0.143. The van der Waals surface area contributed by atoms with Crippen molar-refractivity contribution in [2.24, 2.45) is 14.1 Å². The van der Waals surface area contributed by atoms with Crippen molar-refractivity contribution in [2.45, 2.75) is 50.9 Å². The first-order valence-corrected chi connectivity index (χ1v) is 11.3. The predicted octanol–water partition coefficient (Wildman–Crippen LogP) is 4.45. The fraction of sp³-hybridized carbons (Fsp3) is 0.458. The number of carbonyl (C=O) groups excluding carboxylic acids is 1. The van der Waals surface area contributed by atoms with Crippen LogP contribution in [0.25, 0.3) is 11.4 Å². The van der Waals surface area contributed by atoms with Gasteiger partial charge >= 0.3 is 6.18 Å². The smallest absolute Gasteiger partial charge is 0.433 e. The average molecular weight is 473 g/mol. The number of aromatic nitrogens is 4. The second-order valence-corrected chi connectivity index (χ2v) is 9.02. The molecule has 2 bridgehead atoms. The molecule has 5 rings (SSSR count). The van der Waals surface area contributed by atoms with E-state index < -0.39 is 11.9 Å². The van der Waals surface area contributed by atoms with Gasteiger partial charge < -0.3 is 9.64 Å². The van der Waals surface area contributed by atoms with E-state index in [2.05, 4.69) is 5.10 Å². The van der Waals surface area contributed by atoms with Gasteiger partial charge in [-0.25, -0.2) is 0 Å². The Hall–Kier alpha value is -3.30. The second-order valence-electron chi connectivity index (χ2n) is 9.02. The van der Waals surface area contributed by atoms with Crippen LogP contribution in [0.3, 0.4) is 0 Å². The van der Waals surface area contributed by atoms with E-state index in [0.717, 1.165) is 46.8 Å².